The summed E-state index contributed by atoms with van der Waals surface area (Å²) in [6.07, 6.45) is 0.874. The van der Waals surface area contributed by atoms with E-state index in [2.05, 4.69) is 16.3 Å². The molecule has 2 aromatic carbocycles. The second-order valence-corrected chi connectivity index (χ2v) is 8.15. The van der Waals surface area contributed by atoms with Crippen molar-refractivity contribution in [1.82, 2.24) is 4.90 Å². The molecule has 1 fully saturated rings. The Bertz CT molecular complexity index is 925. The number of para-hydroxylation sites is 1. The Kier molecular flexibility index (Phi) is 6.53. The summed E-state index contributed by atoms with van der Waals surface area (Å²) in [7, 11) is 1.81. The van der Waals surface area contributed by atoms with Gasteiger partial charge in [-0.2, -0.15) is 0 Å². The van der Waals surface area contributed by atoms with Gasteiger partial charge in [0.25, 0.3) is 0 Å². The number of amides is 2. The largest absolute Gasteiger partial charge is 0.378 e. The first kappa shape index (κ1) is 21.3. The van der Waals surface area contributed by atoms with E-state index in [4.69, 9.17) is 4.74 Å². The Hall–Kier alpha value is -2.90. The molecule has 1 N–H and O–H groups in total. The van der Waals surface area contributed by atoms with Crippen molar-refractivity contribution in [3.8, 4) is 0 Å². The normalized spacial score (nSPS) is 16.9. The minimum absolute atomic E-state index is 0.0233. The number of fused-ring (bicyclic) bond motifs is 1. The zero-order valence-electron chi connectivity index (χ0n) is 18.2. The highest BCUT2D eigenvalue weighted by Crippen LogP contribution is 2.28. The average Bonchev–Trinajstić information content (AvgIpc) is 3.23. The average molecular weight is 423 g/mol. The number of nitrogens with zero attached hydrogens (tertiary/aromatic N) is 3. The van der Waals surface area contributed by atoms with E-state index in [1.54, 1.807) is 4.90 Å². The fourth-order valence-electron chi connectivity index (χ4n) is 4.12. The molecule has 2 aliphatic rings. The minimum atomic E-state index is -0.388. The topological polar surface area (TPSA) is 65.1 Å². The molecule has 0 unspecified atom stereocenters. The van der Waals surface area contributed by atoms with Crippen LogP contribution in [-0.4, -0.2) is 69.2 Å². The summed E-state index contributed by atoms with van der Waals surface area (Å²) in [6.45, 7) is 5.93. The van der Waals surface area contributed by atoms with Crippen LogP contribution in [0.25, 0.3) is 0 Å². The SMILES string of the molecule is C[C@@H](C(=O)N1CCc2ccccc21)N(C)CC(=O)Nc1ccc(N2CCOCC2)cc1. The lowest BCUT2D eigenvalue weighted by Crippen LogP contribution is -2.47. The maximum Gasteiger partial charge on any atom is 0.244 e. The lowest BCUT2D eigenvalue weighted by atomic mass is 10.2. The number of hydrogen-bond acceptors (Lipinski definition) is 5. The summed E-state index contributed by atoms with van der Waals surface area (Å²) in [6, 6.07) is 15.5. The summed E-state index contributed by atoms with van der Waals surface area (Å²) in [5, 5.41) is 2.93. The molecule has 2 aliphatic heterocycles. The highest BCUT2D eigenvalue weighted by Gasteiger charge is 2.30. The first-order valence-corrected chi connectivity index (χ1v) is 10.8. The molecule has 2 heterocycles. The molecule has 7 heteroatoms. The van der Waals surface area contributed by atoms with Crippen LogP contribution in [0.15, 0.2) is 48.5 Å². The van der Waals surface area contributed by atoms with Gasteiger partial charge in [0, 0.05) is 36.7 Å². The Morgan fingerprint density at radius 1 is 1.06 bits per heavy atom. The highest BCUT2D eigenvalue weighted by molar-refractivity contribution is 5.99. The van der Waals surface area contributed by atoms with Crippen LogP contribution in [0, 0.1) is 0 Å². The number of anilines is 3. The van der Waals surface area contributed by atoms with Gasteiger partial charge < -0.3 is 19.9 Å². The number of rotatable bonds is 6. The highest BCUT2D eigenvalue weighted by atomic mass is 16.5. The fraction of sp³-hybridized carbons (Fsp3) is 0.417. The number of ether oxygens (including phenoxy) is 1. The molecule has 0 aromatic heterocycles. The summed E-state index contributed by atoms with van der Waals surface area (Å²) in [5.41, 5.74) is 4.06. The van der Waals surface area contributed by atoms with Crippen molar-refractivity contribution >= 4 is 28.9 Å². The van der Waals surface area contributed by atoms with E-state index in [9.17, 15) is 9.59 Å². The maximum atomic E-state index is 13.0. The zero-order valence-corrected chi connectivity index (χ0v) is 18.2. The van der Waals surface area contributed by atoms with Crippen LogP contribution in [0.4, 0.5) is 17.1 Å². The molecular weight excluding hydrogens is 392 g/mol. The third kappa shape index (κ3) is 4.89. The van der Waals surface area contributed by atoms with Gasteiger partial charge in [-0.3, -0.25) is 14.5 Å². The quantitative estimate of drug-likeness (QED) is 0.774. The summed E-state index contributed by atoms with van der Waals surface area (Å²) < 4.78 is 5.39. The monoisotopic (exact) mass is 422 g/mol. The first-order chi connectivity index (χ1) is 15.0. The molecule has 4 rings (SSSR count). The summed E-state index contributed by atoms with van der Waals surface area (Å²) in [5.74, 6) is -0.113. The molecule has 31 heavy (non-hydrogen) atoms. The molecule has 0 bridgehead atoms. The predicted molar refractivity (Wildman–Crippen MR) is 123 cm³/mol. The van der Waals surface area contributed by atoms with Gasteiger partial charge in [0.15, 0.2) is 0 Å². The number of benzene rings is 2. The van der Waals surface area contributed by atoms with Gasteiger partial charge in [-0.05, 0) is 56.3 Å². The van der Waals surface area contributed by atoms with Crippen molar-refractivity contribution in [1.29, 1.82) is 0 Å². The van der Waals surface area contributed by atoms with Crippen molar-refractivity contribution in [2.45, 2.75) is 19.4 Å². The van der Waals surface area contributed by atoms with Crippen molar-refractivity contribution < 1.29 is 14.3 Å². The molecule has 2 amide bonds. The molecule has 7 nitrogen and oxygen atoms in total. The van der Waals surface area contributed by atoms with Crippen LogP contribution in [-0.2, 0) is 20.7 Å². The number of carbonyl (C=O) groups is 2. The molecule has 0 aliphatic carbocycles. The third-order valence-electron chi connectivity index (χ3n) is 6.09. The maximum absolute atomic E-state index is 13.0. The number of likely N-dealkylation sites (N-methyl/N-ethyl adjacent to an activating group) is 1. The Balaban J connectivity index is 1.30. The van der Waals surface area contributed by atoms with Crippen LogP contribution in [0.1, 0.15) is 12.5 Å². The van der Waals surface area contributed by atoms with Crippen LogP contribution < -0.4 is 15.1 Å². The molecule has 164 valence electrons. The van der Waals surface area contributed by atoms with E-state index in [-0.39, 0.29) is 24.4 Å². The molecule has 0 radical (unpaired) electrons. The Morgan fingerprint density at radius 3 is 2.52 bits per heavy atom. The first-order valence-electron chi connectivity index (χ1n) is 10.8. The smallest absolute Gasteiger partial charge is 0.244 e. The van der Waals surface area contributed by atoms with E-state index in [1.807, 2.05) is 61.3 Å². The van der Waals surface area contributed by atoms with E-state index in [0.717, 1.165) is 49.8 Å². The van der Waals surface area contributed by atoms with E-state index < -0.39 is 0 Å². The number of carbonyl (C=O) groups excluding carboxylic acids is 2. The molecule has 0 saturated carbocycles. The van der Waals surface area contributed by atoms with Gasteiger partial charge in [0.05, 0.1) is 25.8 Å². The minimum Gasteiger partial charge on any atom is -0.378 e. The molecule has 0 spiro atoms. The number of morpholine rings is 1. The van der Waals surface area contributed by atoms with Gasteiger partial charge in [0.1, 0.15) is 0 Å². The summed E-state index contributed by atoms with van der Waals surface area (Å²) >= 11 is 0. The van der Waals surface area contributed by atoms with E-state index in [0.29, 0.717) is 6.54 Å². The van der Waals surface area contributed by atoms with E-state index >= 15 is 0 Å². The summed E-state index contributed by atoms with van der Waals surface area (Å²) in [4.78, 5) is 31.5. The van der Waals surface area contributed by atoms with E-state index in [1.165, 1.54) is 5.56 Å². The molecule has 1 saturated heterocycles. The lowest BCUT2D eigenvalue weighted by Gasteiger charge is -2.29. The molecule has 2 aromatic rings. The van der Waals surface area contributed by atoms with Crippen molar-refractivity contribution in [3.63, 3.8) is 0 Å². The lowest BCUT2D eigenvalue weighted by molar-refractivity contribution is -0.124. The second-order valence-electron chi connectivity index (χ2n) is 8.15. The van der Waals surface area contributed by atoms with Gasteiger partial charge >= 0.3 is 0 Å². The van der Waals surface area contributed by atoms with Crippen molar-refractivity contribution in [3.05, 3.63) is 54.1 Å². The van der Waals surface area contributed by atoms with Crippen LogP contribution in [0.3, 0.4) is 0 Å². The van der Waals surface area contributed by atoms with Crippen molar-refractivity contribution in [2.24, 2.45) is 0 Å². The van der Waals surface area contributed by atoms with Crippen LogP contribution >= 0.6 is 0 Å². The molecular formula is C24H30N4O3. The van der Waals surface area contributed by atoms with Crippen LogP contribution in [0.2, 0.25) is 0 Å². The predicted octanol–water partition coefficient (Wildman–Crippen LogP) is 2.37. The number of nitrogens with one attached hydrogen (secondary N) is 1. The third-order valence-corrected chi connectivity index (χ3v) is 6.09. The Labute approximate surface area is 183 Å². The van der Waals surface area contributed by atoms with Crippen LogP contribution in [0.5, 0.6) is 0 Å². The van der Waals surface area contributed by atoms with Gasteiger partial charge in [-0.25, -0.2) is 0 Å². The van der Waals surface area contributed by atoms with Gasteiger partial charge in [-0.15, -0.1) is 0 Å². The van der Waals surface area contributed by atoms with Crippen molar-refractivity contribution in [2.75, 3.05) is 61.6 Å². The number of hydrogen-bond donors (Lipinski definition) is 1. The van der Waals surface area contributed by atoms with Gasteiger partial charge in [-0.1, -0.05) is 18.2 Å². The molecule has 1 atom stereocenters. The standard InChI is InChI=1S/C24H30N4O3/c1-18(24(30)28-12-11-19-5-3-4-6-22(19)28)26(2)17-23(29)25-20-7-9-21(10-8-20)27-13-15-31-16-14-27/h3-10,18H,11-17H2,1-2H3,(H,25,29)/t18-/m0/s1. The van der Waals surface area contributed by atoms with Gasteiger partial charge in [0.2, 0.25) is 11.8 Å². The zero-order chi connectivity index (χ0) is 21.8. The second kappa shape index (κ2) is 9.49. The Morgan fingerprint density at radius 2 is 1.77 bits per heavy atom. The fourth-order valence-corrected chi connectivity index (χ4v) is 4.12.